The smallest absolute Gasteiger partial charge is 0.224 e. The van der Waals surface area contributed by atoms with Crippen molar-refractivity contribution in [2.45, 2.75) is 39.2 Å². The van der Waals surface area contributed by atoms with E-state index in [0.29, 0.717) is 17.9 Å². The van der Waals surface area contributed by atoms with Crippen molar-refractivity contribution in [1.29, 1.82) is 0 Å². The summed E-state index contributed by atoms with van der Waals surface area (Å²) in [6.45, 7) is 7.28. The van der Waals surface area contributed by atoms with Crippen LogP contribution in [0.25, 0.3) is 0 Å². The molecule has 2 fully saturated rings. The van der Waals surface area contributed by atoms with Crippen molar-refractivity contribution in [2.75, 3.05) is 36.1 Å². The summed E-state index contributed by atoms with van der Waals surface area (Å²) in [7, 11) is 0. The van der Waals surface area contributed by atoms with Crippen LogP contribution in [0.5, 0.6) is 0 Å². The predicted molar refractivity (Wildman–Crippen MR) is 89.8 cm³/mol. The molecule has 0 aromatic carbocycles. The van der Waals surface area contributed by atoms with Gasteiger partial charge in [0.15, 0.2) is 0 Å². The van der Waals surface area contributed by atoms with Gasteiger partial charge >= 0.3 is 0 Å². The van der Waals surface area contributed by atoms with Crippen molar-refractivity contribution in [3.8, 4) is 0 Å². The average molecular weight is 315 g/mol. The first-order chi connectivity index (χ1) is 11.1. The fourth-order valence-electron chi connectivity index (χ4n) is 4.20. The summed E-state index contributed by atoms with van der Waals surface area (Å²) in [5.41, 5.74) is 2.30. The average Bonchev–Trinajstić information content (AvgIpc) is 3.38. The number of aromatic nitrogens is 1. The highest BCUT2D eigenvalue weighted by Crippen LogP contribution is 2.45. The second kappa shape index (κ2) is 5.78. The van der Waals surface area contributed by atoms with E-state index in [0.717, 1.165) is 44.2 Å². The van der Waals surface area contributed by atoms with Crippen molar-refractivity contribution in [1.82, 2.24) is 4.98 Å². The first kappa shape index (κ1) is 14.9. The number of hydrogen-bond acceptors (Lipinski definition) is 4. The predicted octanol–water partition coefficient (Wildman–Crippen LogP) is 2.24. The number of anilines is 2. The van der Waals surface area contributed by atoms with Crippen LogP contribution in [0, 0.1) is 11.8 Å². The van der Waals surface area contributed by atoms with Gasteiger partial charge in [-0.1, -0.05) is 6.92 Å². The zero-order chi connectivity index (χ0) is 16.0. The molecule has 2 aliphatic heterocycles. The highest BCUT2D eigenvalue weighted by Gasteiger charge is 2.43. The highest BCUT2D eigenvalue weighted by atomic mass is 16.5. The summed E-state index contributed by atoms with van der Waals surface area (Å²) in [6.07, 6.45) is 5.48. The Balaban J connectivity index is 1.68. The fraction of sp³-hybridized carbons (Fsp3) is 0.667. The Kier molecular flexibility index (Phi) is 3.76. The molecule has 1 amide bonds. The van der Waals surface area contributed by atoms with Gasteiger partial charge < -0.3 is 14.5 Å². The van der Waals surface area contributed by atoms with Crippen molar-refractivity contribution >= 4 is 17.4 Å². The molecule has 0 spiro atoms. The molecule has 1 aliphatic carbocycles. The van der Waals surface area contributed by atoms with Crippen LogP contribution in [-0.2, 0) is 16.0 Å². The van der Waals surface area contributed by atoms with Gasteiger partial charge in [-0.3, -0.25) is 4.79 Å². The lowest BCUT2D eigenvalue weighted by Gasteiger charge is -2.41. The summed E-state index contributed by atoms with van der Waals surface area (Å²) in [5, 5.41) is 0. The lowest BCUT2D eigenvalue weighted by atomic mass is 9.84. The minimum Gasteiger partial charge on any atom is -0.378 e. The molecule has 5 nitrogen and oxygen atoms in total. The SMILES string of the molecule is CC(=O)N1c2cnc(N3CCOCC3)cc2CC(C)[C@@H]1C1CC1. The number of nitrogens with zero attached hydrogens (tertiary/aromatic N) is 3. The standard InChI is InChI=1S/C18H25N3O2/c1-12-9-15-10-17(20-5-7-23-8-6-20)19-11-16(15)21(13(2)22)18(12)14-3-4-14/h10-12,14,18H,3-9H2,1-2H3/t12?,18-/m1/s1. The van der Waals surface area contributed by atoms with Crippen molar-refractivity contribution in [2.24, 2.45) is 11.8 Å². The first-order valence-corrected chi connectivity index (χ1v) is 8.76. The third-order valence-corrected chi connectivity index (χ3v) is 5.41. The number of rotatable bonds is 2. The third kappa shape index (κ3) is 2.71. The van der Waals surface area contributed by atoms with Crippen LogP contribution in [0.15, 0.2) is 12.3 Å². The molecule has 0 bridgehead atoms. The molecule has 0 N–H and O–H groups in total. The maximum atomic E-state index is 12.3. The quantitative estimate of drug-likeness (QED) is 0.840. The Labute approximate surface area is 137 Å². The Morgan fingerprint density at radius 3 is 2.70 bits per heavy atom. The van der Waals surface area contributed by atoms with Crippen LogP contribution in [-0.4, -0.2) is 43.2 Å². The zero-order valence-electron chi connectivity index (χ0n) is 14.0. The maximum Gasteiger partial charge on any atom is 0.224 e. The molecular weight excluding hydrogens is 290 g/mol. The van der Waals surface area contributed by atoms with Gasteiger partial charge in [-0.25, -0.2) is 4.98 Å². The summed E-state index contributed by atoms with van der Waals surface area (Å²) in [4.78, 5) is 21.3. The van der Waals surface area contributed by atoms with Gasteiger partial charge in [0.2, 0.25) is 5.91 Å². The summed E-state index contributed by atoms with van der Waals surface area (Å²) < 4.78 is 5.42. The van der Waals surface area contributed by atoms with Crippen LogP contribution >= 0.6 is 0 Å². The van der Waals surface area contributed by atoms with Crippen LogP contribution in [0.1, 0.15) is 32.3 Å². The molecule has 5 heteroatoms. The monoisotopic (exact) mass is 315 g/mol. The van der Waals surface area contributed by atoms with Crippen molar-refractivity contribution < 1.29 is 9.53 Å². The van der Waals surface area contributed by atoms with E-state index < -0.39 is 0 Å². The molecule has 0 radical (unpaired) electrons. The fourth-order valence-corrected chi connectivity index (χ4v) is 4.20. The van der Waals surface area contributed by atoms with Gasteiger partial charge in [0.05, 0.1) is 25.1 Å². The number of fused-ring (bicyclic) bond motifs is 1. The zero-order valence-corrected chi connectivity index (χ0v) is 14.0. The van der Waals surface area contributed by atoms with Crippen LogP contribution < -0.4 is 9.80 Å². The molecule has 23 heavy (non-hydrogen) atoms. The molecule has 1 aromatic rings. The largest absolute Gasteiger partial charge is 0.378 e. The van der Waals surface area contributed by atoms with Gasteiger partial charge in [-0.15, -0.1) is 0 Å². The summed E-state index contributed by atoms with van der Waals surface area (Å²) in [6, 6.07) is 2.55. The molecule has 1 saturated carbocycles. The third-order valence-electron chi connectivity index (χ3n) is 5.41. The minimum atomic E-state index is 0.149. The van der Waals surface area contributed by atoms with Crippen LogP contribution in [0.4, 0.5) is 11.5 Å². The van der Waals surface area contributed by atoms with Gasteiger partial charge in [0.1, 0.15) is 5.82 Å². The molecule has 124 valence electrons. The first-order valence-electron chi connectivity index (χ1n) is 8.76. The van der Waals surface area contributed by atoms with E-state index in [1.165, 1.54) is 18.4 Å². The van der Waals surface area contributed by atoms with E-state index in [-0.39, 0.29) is 5.91 Å². The lowest BCUT2D eigenvalue weighted by Crippen LogP contribution is -2.48. The van der Waals surface area contributed by atoms with E-state index in [2.05, 4.69) is 22.9 Å². The van der Waals surface area contributed by atoms with Crippen molar-refractivity contribution in [3.63, 3.8) is 0 Å². The van der Waals surface area contributed by atoms with E-state index in [4.69, 9.17) is 4.74 Å². The highest BCUT2D eigenvalue weighted by molar-refractivity contribution is 5.93. The maximum absolute atomic E-state index is 12.3. The van der Waals surface area contributed by atoms with Gasteiger partial charge in [0.25, 0.3) is 0 Å². The molecule has 1 aromatic heterocycles. The number of hydrogen-bond donors (Lipinski definition) is 0. The molecule has 1 unspecified atom stereocenters. The second-order valence-corrected chi connectivity index (χ2v) is 7.17. The number of amides is 1. The Hall–Kier alpha value is -1.62. The van der Waals surface area contributed by atoms with E-state index in [1.54, 1.807) is 6.92 Å². The second-order valence-electron chi connectivity index (χ2n) is 7.17. The molecule has 4 rings (SSSR count). The number of carbonyl (C=O) groups is 1. The lowest BCUT2D eigenvalue weighted by molar-refractivity contribution is -0.117. The van der Waals surface area contributed by atoms with E-state index in [9.17, 15) is 4.79 Å². The molecule has 2 atom stereocenters. The number of pyridine rings is 1. The normalized spacial score (nSPS) is 27.7. The van der Waals surface area contributed by atoms with Crippen LogP contribution in [0.2, 0.25) is 0 Å². The number of ether oxygens (including phenoxy) is 1. The van der Waals surface area contributed by atoms with Gasteiger partial charge in [-0.05, 0) is 42.7 Å². The summed E-state index contributed by atoms with van der Waals surface area (Å²) in [5.74, 6) is 2.36. The number of morpholine rings is 1. The summed E-state index contributed by atoms with van der Waals surface area (Å²) >= 11 is 0. The number of carbonyl (C=O) groups excluding carboxylic acids is 1. The molecule has 3 aliphatic rings. The van der Waals surface area contributed by atoms with E-state index in [1.807, 2.05) is 11.1 Å². The van der Waals surface area contributed by atoms with E-state index >= 15 is 0 Å². The van der Waals surface area contributed by atoms with Crippen LogP contribution in [0.3, 0.4) is 0 Å². The Morgan fingerprint density at radius 2 is 2.04 bits per heavy atom. The van der Waals surface area contributed by atoms with Gasteiger partial charge in [-0.2, -0.15) is 0 Å². The minimum absolute atomic E-state index is 0.149. The Bertz CT molecular complexity index is 608. The molecule has 3 heterocycles. The van der Waals surface area contributed by atoms with Gasteiger partial charge in [0, 0.05) is 26.1 Å². The topological polar surface area (TPSA) is 45.7 Å². The molecule has 1 saturated heterocycles. The Morgan fingerprint density at radius 1 is 1.30 bits per heavy atom. The van der Waals surface area contributed by atoms with Crippen molar-refractivity contribution in [3.05, 3.63) is 17.8 Å². The molecular formula is C18H25N3O2.